The molecule has 14 heavy (non-hydrogen) atoms. The smallest absolute Gasteiger partial charge is 0.111 e. The lowest BCUT2D eigenvalue weighted by Crippen LogP contribution is -2.52. The molecule has 1 atom stereocenters. The third-order valence-corrected chi connectivity index (χ3v) is 4.49. The van der Waals surface area contributed by atoms with Crippen molar-refractivity contribution in [1.82, 2.24) is 0 Å². The number of hydrogen-bond acceptors (Lipinski definition) is 1. The van der Waals surface area contributed by atoms with E-state index in [1.165, 1.54) is 38.5 Å². The van der Waals surface area contributed by atoms with Gasteiger partial charge in [-0.05, 0) is 63.2 Å². The second-order valence-corrected chi connectivity index (χ2v) is 6.45. The van der Waals surface area contributed by atoms with Crippen molar-refractivity contribution in [3.05, 3.63) is 0 Å². The van der Waals surface area contributed by atoms with Crippen molar-refractivity contribution in [2.24, 2.45) is 17.8 Å². The number of rotatable bonds is 2. The Kier molecular flexibility index (Phi) is 2.14. The van der Waals surface area contributed by atoms with E-state index >= 15 is 0 Å². The Balaban J connectivity index is 1.80. The van der Waals surface area contributed by atoms with Gasteiger partial charge in [0, 0.05) is 0 Å². The lowest BCUT2D eigenvalue weighted by Gasteiger charge is -2.56. The summed E-state index contributed by atoms with van der Waals surface area (Å²) in [5.41, 5.74) is 0.224. The average molecular weight is 211 g/mol. The molecule has 0 aromatic rings. The van der Waals surface area contributed by atoms with Gasteiger partial charge in [-0.2, -0.15) is 0 Å². The minimum absolute atomic E-state index is 0.00579. The molecule has 0 aliphatic heterocycles. The molecular weight excluding hydrogens is 192 g/mol. The van der Waals surface area contributed by atoms with E-state index in [4.69, 9.17) is 17.4 Å². The van der Waals surface area contributed by atoms with E-state index < -0.39 is 0 Å². The fourth-order valence-electron chi connectivity index (χ4n) is 4.53. The van der Waals surface area contributed by atoms with Crippen molar-refractivity contribution in [2.75, 3.05) is 0 Å². The summed E-state index contributed by atoms with van der Waals surface area (Å²) in [6, 6.07) is 0. The quantitative estimate of drug-likeness (QED) is 0.679. The standard InChI is InChI=1S/C12H19OS/c1-8(14)13-12-5-9-2-10(6-12)4-11(3-9)7-12/h8-11H,2-7H2,1H3. The molecule has 4 aliphatic carbocycles. The normalized spacial score (nSPS) is 52.3. The maximum absolute atomic E-state index is 6.07. The highest BCUT2D eigenvalue weighted by atomic mass is 32.1. The molecule has 1 radical (unpaired) electrons. The van der Waals surface area contributed by atoms with Crippen molar-refractivity contribution in [1.29, 1.82) is 0 Å². The third-order valence-electron chi connectivity index (χ3n) is 4.40. The summed E-state index contributed by atoms with van der Waals surface area (Å²) < 4.78 is 6.07. The van der Waals surface area contributed by atoms with Crippen LogP contribution in [0.1, 0.15) is 45.4 Å². The topological polar surface area (TPSA) is 9.23 Å². The first-order valence-electron chi connectivity index (χ1n) is 5.99. The molecule has 2 heteroatoms. The molecule has 4 bridgehead atoms. The van der Waals surface area contributed by atoms with Gasteiger partial charge in [-0.3, -0.25) is 0 Å². The van der Waals surface area contributed by atoms with E-state index in [-0.39, 0.29) is 11.0 Å². The van der Waals surface area contributed by atoms with Crippen LogP contribution in [0.15, 0.2) is 0 Å². The summed E-state index contributed by atoms with van der Waals surface area (Å²) >= 11 is 5.19. The van der Waals surface area contributed by atoms with E-state index in [2.05, 4.69) is 0 Å². The van der Waals surface area contributed by atoms with Gasteiger partial charge in [0.2, 0.25) is 0 Å². The summed E-state index contributed by atoms with van der Waals surface area (Å²) in [4.78, 5) is 0. The highest BCUT2D eigenvalue weighted by Crippen LogP contribution is 2.57. The van der Waals surface area contributed by atoms with Crippen molar-refractivity contribution in [2.45, 2.75) is 56.5 Å². The molecule has 4 rings (SSSR count). The van der Waals surface area contributed by atoms with Gasteiger partial charge < -0.3 is 4.74 Å². The zero-order valence-corrected chi connectivity index (χ0v) is 9.69. The van der Waals surface area contributed by atoms with Gasteiger partial charge in [-0.15, -0.1) is 0 Å². The first-order valence-corrected chi connectivity index (χ1v) is 6.46. The molecule has 4 fully saturated rings. The molecule has 4 aliphatic rings. The first-order chi connectivity index (χ1) is 6.65. The highest BCUT2D eigenvalue weighted by molar-refractivity contribution is 7.80. The summed E-state index contributed by atoms with van der Waals surface area (Å²) in [5.74, 6) is 2.90. The molecule has 0 spiro atoms. The lowest BCUT2D eigenvalue weighted by molar-refractivity contribution is -0.166. The first kappa shape index (κ1) is 9.53. The zero-order chi connectivity index (χ0) is 9.76. The number of ether oxygens (including phenoxy) is 1. The Hall–Kier alpha value is 0.310. The Morgan fingerprint density at radius 2 is 1.50 bits per heavy atom. The SMILES string of the molecule is CC([S])OC12CC3CC(CC(C3)C1)C2. The molecule has 0 aromatic carbocycles. The van der Waals surface area contributed by atoms with Crippen LogP contribution in [0.3, 0.4) is 0 Å². The summed E-state index contributed by atoms with van der Waals surface area (Å²) in [6.07, 6.45) is 8.36. The Labute approximate surface area is 92.0 Å². The van der Waals surface area contributed by atoms with Crippen LogP contribution >= 0.6 is 12.6 Å². The van der Waals surface area contributed by atoms with Crippen LogP contribution in [0, 0.1) is 17.8 Å². The van der Waals surface area contributed by atoms with Crippen LogP contribution in [0.4, 0.5) is 0 Å². The van der Waals surface area contributed by atoms with Gasteiger partial charge >= 0.3 is 0 Å². The molecule has 0 heterocycles. The van der Waals surface area contributed by atoms with Crippen molar-refractivity contribution in [3.8, 4) is 0 Å². The van der Waals surface area contributed by atoms with Gasteiger partial charge in [0.1, 0.15) is 5.44 Å². The molecular formula is C12H19OS. The third kappa shape index (κ3) is 1.51. The molecule has 79 valence electrons. The molecule has 1 nitrogen and oxygen atoms in total. The fourth-order valence-corrected chi connectivity index (χ4v) is 4.73. The Bertz CT molecular complexity index is 195. The van der Waals surface area contributed by atoms with Crippen LogP contribution < -0.4 is 0 Å². The summed E-state index contributed by atoms with van der Waals surface area (Å²) in [5, 5.41) is 0. The van der Waals surface area contributed by atoms with Crippen LogP contribution in [-0.4, -0.2) is 11.0 Å². The molecule has 0 saturated heterocycles. The second kappa shape index (κ2) is 3.15. The Morgan fingerprint density at radius 1 is 1.07 bits per heavy atom. The highest BCUT2D eigenvalue weighted by Gasteiger charge is 2.52. The molecule has 4 saturated carbocycles. The van der Waals surface area contributed by atoms with E-state index in [1.54, 1.807) is 0 Å². The largest absolute Gasteiger partial charge is 0.361 e. The van der Waals surface area contributed by atoms with E-state index in [0.29, 0.717) is 0 Å². The monoisotopic (exact) mass is 211 g/mol. The average Bonchev–Trinajstić information content (AvgIpc) is 1.96. The maximum Gasteiger partial charge on any atom is 0.111 e. The Morgan fingerprint density at radius 3 is 1.86 bits per heavy atom. The zero-order valence-electron chi connectivity index (χ0n) is 8.87. The van der Waals surface area contributed by atoms with E-state index in [1.807, 2.05) is 6.92 Å². The molecule has 0 N–H and O–H groups in total. The van der Waals surface area contributed by atoms with Crippen LogP contribution in [0.5, 0.6) is 0 Å². The minimum Gasteiger partial charge on any atom is -0.361 e. The van der Waals surface area contributed by atoms with Gasteiger partial charge in [-0.25, -0.2) is 0 Å². The predicted molar refractivity (Wildman–Crippen MR) is 59.0 cm³/mol. The summed E-state index contributed by atoms with van der Waals surface area (Å²) in [6.45, 7) is 2.01. The van der Waals surface area contributed by atoms with Gasteiger partial charge in [0.15, 0.2) is 0 Å². The van der Waals surface area contributed by atoms with Crippen molar-refractivity contribution < 1.29 is 4.74 Å². The van der Waals surface area contributed by atoms with Gasteiger partial charge in [0.05, 0.1) is 5.60 Å². The van der Waals surface area contributed by atoms with Crippen molar-refractivity contribution >= 4 is 12.6 Å². The van der Waals surface area contributed by atoms with Gasteiger partial charge in [-0.1, -0.05) is 12.6 Å². The van der Waals surface area contributed by atoms with Crippen molar-refractivity contribution in [3.63, 3.8) is 0 Å². The fraction of sp³-hybridized carbons (Fsp3) is 1.00. The lowest BCUT2D eigenvalue weighted by atomic mass is 9.54. The predicted octanol–water partition coefficient (Wildman–Crippen LogP) is 3.52. The maximum atomic E-state index is 6.07. The van der Waals surface area contributed by atoms with Gasteiger partial charge in [0.25, 0.3) is 0 Å². The van der Waals surface area contributed by atoms with Crippen LogP contribution in [-0.2, 0) is 4.74 Å². The van der Waals surface area contributed by atoms with Crippen LogP contribution in [0.2, 0.25) is 0 Å². The molecule has 0 amide bonds. The summed E-state index contributed by atoms with van der Waals surface area (Å²) in [7, 11) is 0. The minimum atomic E-state index is 0.00579. The molecule has 0 aromatic heterocycles. The van der Waals surface area contributed by atoms with E-state index in [9.17, 15) is 0 Å². The van der Waals surface area contributed by atoms with E-state index in [0.717, 1.165) is 17.8 Å². The van der Waals surface area contributed by atoms with Crippen LogP contribution in [0.25, 0.3) is 0 Å². The second-order valence-electron chi connectivity index (χ2n) is 5.79. The molecule has 1 unspecified atom stereocenters. The number of hydrogen-bond donors (Lipinski definition) is 0.